The summed E-state index contributed by atoms with van der Waals surface area (Å²) in [7, 11) is 0. The molecule has 2 heterocycles. The average molecular weight is 213 g/mol. The van der Waals surface area contributed by atoms with Gasteiger partial charge in [-0.1, -0.05) is 0 Å². The zero-order chi connectivity index (χ0) is 9.97. The highest BCUT2D eigenvalue weighted by Crippen LogP contribution is 2.07. The lowest BCUT2D eigenvalue weighted by atomic mass is 10.6. The second kappa shape index (κ2) is 3.59. The van der Waals surface area contributed by atoms with Gasteiger partial charge < -0.3 is 4.74 Å². The first-order valence-electron chi connectivity index (χ1n) is 3.70. The van der Waals surface area contributed by atoms with Crippen LogP contribution in [0.3, 0.4) is 0 Å². The number of fused-ring (bicyclic) bond motifs is 1. The van der Waals surface area contributed by atoms with Crippen LogP contribution in [0.5, 0.6) is 0 Å². The summed E-state index contributed by atoms with van der Waals surface area (Å²) in [6, 6.07) is 0. The monoisotopic (exact) mass is 212 g/mol. The fourth-order valence-corrected chi connectivity index (χ4v) is 1.08. The molecule has 0 bridgehead atoms. The zero-order valence-corrected chi connectivity index (χ0v) is 7.68. The molecule has 2 rings (SSSR count). The molecule has 2 aromatic heterocycles. The number of imidazole rings is 1. The normalized spacial score (nSPS) is 10.4. The van der Waals surface area contributed by atoms with Crippen molar-refractivity contribution >= 4 is 28.2 Å². The molecule has 0 saturated carbocycles. The molecule has 7 heteroatoms. The van der Waals surface area contributed by atoms with E-state index in [0.717, 1.165) is 0 Å². The van der Waals surface area contributed by atoms with Crippen LogP contribution in [0.2, 0.25) is 0 Å². The number of ether oxygens (including phenoxy) is 1. The van der Waals surface area contributed by atoms with E-state index in [2.05, 4.69) is 19.7 Å². The summed E-state index contributed by atoms with van der Waals surface area (Å²) in [6.45, 7) is -0.00412. The zero-order valence-electron chi connectivity index (χ0n) is 6.92. The Balaban J connectivity index is 2.29. The minimum Gasteiger partial charge on any atom is -0.432 e. The van der Waals surface area contributed by atoms with Crippen LogP contribution in [-0.4, -0.2) is 24.9 Å². The highest BCUT2D eigenvalue weighted by Gasteiger charge is 2.04. The summed E-state index contributed by atoms with van der Waals surface area (Å²) in [5.41, 5.74) is 0.372. The number of halogens is 1. The minimum absolute atomic E-state index is 0.00412. The molecular weight excluding hydrogens is 208 g/mol. The van der Waals surface area contributed by atoms with E-state index >= 15 is 0 Å². The van der Waals surface area contributed by atoms with Crippen LogP contribution in [0.25, 0.3) is 11.2 Å². The summed E-state index contributed by atoms with van der Waals surface area (Å²) in [5, 5.41) is 0. The van der Waals surface area contributed by atoms with Crippen molar-refractivity contribution in [2.45, 2.75) is 6.73 Å². The third-order valence-electron chi connectivity index (χ3n) is 1.60. The van der Waals surface area contributed by atoms with E-state index in [-0.39, 0.29) is 6.73 Å². The van der Waals surface area contributed by atoms with Crippen LogP contribution < -0.4 is 0 Å². The smallest absolute Gasteiger partial charge is 0.405 e. The van der Waals surface area contributed by atoms with Crippen molar-refractivity contribution < 1.29 is 9.53 Å². The number of carbonyl (C=O) groups excluding carboxylic acids is 1. The Kier molecular flexibility index (Phi) is 2.28. The first-order chi connectivity index (χ1) is 6.77. The lowest BCUT2D eigenvalue weighted by molar-refractivity contribution is 0.141. The molecule has 2 aromatic rings. The second-order valence-electron chi connectivity index (χ2n) is 2.46. The van der Waals surface area contributed by atoms with Crippen LogP contribution in [-0.2, 0) is 11.5 Å². The van der Waals surface area contributed by atoms with Gasteiger partial charge in [0.1, 0.15) is 11.8 Å². The topological polar surface area (TPSA) is 69.9 Å². The van der Waals surface area contributed by atoms with E-state index in [1.54, 1.807) is 10.8 Å². The van der Waals surface area contributed by atoms with Crippen LogP contribution in [0.4, 0.5) is 4.79 Å². The molecule has 14 heavy (non-hydrogen) atoms. The number of rotatable bonds is 2. The molecule has 0 radical (unpaired) electrons. The molecule has 0 N–H and O–H groups in total. The van der Waals surface area contributed by atoms with E-state index in [9.17, 15) is 4.79 Å². The van der Waals surface area contributed by atoms with Gasteiger partial charge in [0, 0.05) is 11.6 Å². The van der Waals surface area contributed by atoms with Gasteiger partial charge in [0.05, 0.1) is 12.5 Å². The molecule has 0 aromatic carbocycles. The number of carbonyl (C=O) groups is 1. The Labute approximate surface area is 83.5 Å². The largest absolute Gasteiger partial charge is 0.432 e. The first kappa shape index (κ1) is 8.89. The molecule has 0 saturated heterocycles. The van der Waals surface area contributed by atoms with E-state index in [1.807, 2.05) is 0 Å². The lowest BCUT2D eigenvalue weighted by Crippen LogP contribution is -2.03. The summed E-state index contributed by atoms with van der Waals surface area (Å²) >= 11 is 5.02. The molecule has 0 aliphatic heterocycles. The lowest BCUT2D eigenvalue weighted by Gasteiger charge is -2.01. The van der Waals surface area contributed by atoms with Crippen molar-refractivity contribution in [1.82, 2.24) is 19.5 Å². The van der Waals surface area contributed by atoms with Crippen LogP contribution in [0.15, 0.2) is 18.9 Å². The van der Waals surface area contributed by atoms with Crippen molar-refractivity contribution in [2.75, 3.05) is 0 Å². The van der Waals surface area contributed by atoms with Crippen LogP contribution in [0.1, 0.15) is 0 Å². The van der Waals surface area contributed by atoms with Gasteiger partial charge in [-0.3, -0.25) is 4.57 Å². The van der Waals surface area contributed by atoms with Crippen molar-refractivity contribution in [3.63, 3.8) is 0 Å². The molecule has 0 unspecified atom stereocenters. The SMILES string of the molecule is O=C(Cl)OCn1cnc2cncnc21. The molecule has 6 nitrogen and oxygen atoms in total. The van der Waals surface area contributed by atoms with E-state index < -0.39 is 5.43 Å². The van der Waals surface area contributed by atoms with Crippen LogP contribution >= 0.6 is 11.6 Å². The number of hydrogen-bond acceptors (Lipinski definition) is 5. The maximum Gasteiger partial charge on any atom is 0.405 e. The Morgan fingerprint density at radius 2 is 2.43 bits per heavy atom. The summed E-state index contributed by atoms with van der Waals surface area (Å²) in [4.78, 5) is 22.1. The molecule has 0 spiro atoms. The van der Waals surface area contributed by atoms with Gasteiger partial charge in [-0.25, -0.2) is 19.7 Å². The Morgan fingerprint density at radius 3 is 3.21 bits per heavy atom. The fraction of sp³-hybridized carbons (Fsp3) is 0.143. The summed E-state index contributed by atoms with van der Waals surface area (Å²) in [5.74, 6) is 0. The third kappa shape index (κ3) is 1.64. The van der Waals surface area contributed by atoms with Crippen molar-refractivity contribution in [1.29, 1.82) is 0 Å². The van der Waals surface area contributed by atoms with Gasteiger partial charge in [0.2, 0.25) is 0 Å². The van der Waals surface area contributed by atoms with Crippen molar-refractivity contribution in [3.8, 4) is 0 Å². The Morgan fingerprint density at radius 1 is 1.57 bits per heavy atom. The number of hydrogen-bond donors (Lipinski definition) is 0. The first-order valence-corrected chi connectivity index (χ1v) is 4.08. The number of nitrogens with zero attached hydrogens (tertiary/aromatic N) is 4. The van der Waals surface area contributed by atoms with Gasteiger partial charge >= 0.3 is 5.43 Å². The minimum atomic E-state index is -0.860. The molecular formula is C7H5ClN4O2. The quantitative estimate of drug-likeness (QED) is 0.699. The summed E-state index contributed by atoms with van der Waals surface area (Å²) < 4.78 is 6.14. The highest BCUT2D eigenvalue weighted by atomic mass is 35.5. The molecule has 0 amide bonds. The van der Waals surface area contributed by atoms with Gasteiger partial charge in [-0.05, 0) is 0 Å². The van der Waals surface area contributed by atoms with Gasteiger partial charge in [-0.15, -0.1) is 0 Å². The molecule has 0 aliphatic carbocycles. The van der Waals surface area contributed by atoms with Gasteiger partial charge in [0.15, 0.2) is 12.4 Å². The van der Waals surface area contributed by atoms with E-state index in [1.165, 1.54) is 12.7 Å². The third-order valence-corrected chi connectivity index (χ3v) is 1.71. The van der Waals surface area contributed by atoms with E-state index in [4.69, 9.17) is 11.6 Å². The summed E-state index contributed by atoms with van der Waals surface area (Å²) in [6.07, 6.45) is 4.46. The predicted octanol–water partition coefficient (Wildman–Crippen LogP) is 1.16. The molecule has 72 valence electrons. The van der Waals surface area contributed by atoms with Gasteiger partial charge in [0.25, 0.3) is 0 Å². The standard InChI is InChI=1S/C7H5ClN4O2/c8-7(13)14-4-12-3-11-5-1-9-2-10-6(5)12/h1-3H,4H2. The maximum absolute atomic E-state index is 10.4. The molecule has 0 aliphatic rings. The predicted molar refractivity (Wildman–Crippen MR) is 47.7 cm³/mol. The molecule has 0 atom stereocenters. The van der Waals surface area contributed by atoms with Crippen molar-refractivity contribution in [2.24, 2.45) is 0 Å². The fourth-order valence-electron chi connectivity index (χ4n) is 1.03. The van der Waals surface area contributed by atoms with Crippen LogP contribution in [0, 0.1) is 0 Å². The maximum atomic E-state index is 10.4. The Bertz CT molecular complexity index is 469. The number of aromatic nitrogens is 4. The average Bonchev–Trinajstić information content (AvgIpc) is 2.58. The van der Waals surface area contributed by atoms with Crippen molar-refractivity contribution in [3.05, 3.63) is 18.9 Å². The second-order valence-corrected chi connectivity index (χ2v) is 2.77. The molecule has 0 fully saturated rings. The highest BCUT2D eigenvalue weighted by molar-refractivity contribution is 6.61. The van der Waals surface area contributed by atoms with E-state index in [0.29, 0.717) is 11.2 Å². The Hall–Kier alpha value is -1.69. The van der Waals surface area contributed by atoms with Gasteiger partial charge in [-0.2, -0.15) is 0 Å².